The van der Waals surface area contributed by atoms with Gasteiger partial charge in [-0.05, 0) is 20.8 Å². The molecular weight excluding hydrogens is 350 g/mol. The molecule has 1 unspecified atom stereocenters. The normalized spacial score (nSPS) is 22.8. The van der Waals surface area contributed by atoms with Crippen molar-refractivity contribution in [2.45, 2.75) is 51.7 Å². The number of fused-ring (bicyclic) bond motifs is 1. The zero-order chi connectivity index (χ0) is 18.9. The molecule has 0 spiro atoms. The predicted molar refractivity (Wildman–Crippen MR) is 88.2 cm³/mol. The molecule has 0 aliphatic carbocycles. The highest BCUT2D eigenvalue weighted by Crippen LogP contribution is 2.42. The second kappa shape index (κ2) is 7.07. The highest BCUT2D eigenvalue weighted by Gasteiger charge is 2.56. The second-order valence-electron chi connectivity index (χ2n) is 6.67. The van der Waals surface area contributed by atoms with Crippen molar-refractivity contribution in [1.29, 1.82) is 0 Å². The maximum absolute atomic E-state index is 12.6. The first-order chi connectivity index (χ1) is 11.5. The molecule has 0 bridgehead atoms. The SMILES string of the molecule is CC(=O)OCC1=C(C(=O)OC(C)(C)C)N2C(=O)[C@@H](OC(C)=O)C2SC1. The summed E-state index contributed by atoms with van der Waals surface area (Å²) >= 11 is 1.34. The molecule has 0 saturated carbocycles. The standard InChI is InChI=1S/C16H21NO7S/c1-8(18)22-6-10-7-25-14-12(23-9(2)19)13(20)17(14)11(10)15(21)24-16(3,4)5/h12,14H,6-7H2,1-5H3/t12-,14?/m1/s1. The van der Waals surface area contributed by atoms with Crippen LogP contribution in [-0.2, 0) is 33.4 Å². The maximum atomic E-state index is 12.6. The van der Waals surface area contributed by atoms with E-state index in [2.05, 4.69) is 0 Å². The Hall–Kier alpha value is -2.03. The maximum Gasteiger partial charge on any atom is 0.355 e. The molecule has 0 radical (unpaired) electrons. The molecule has 1 amide bonds. The molecular formula is C16H21NO7S. The number of rotatable bonds is 4. The van der Waals surface area contributed by atoms with E-state index in [9.17, 15) is 19.2 Å². The van der Waals surface area contributed by atoms with Crippen LogP contribution < -0.4 is 0 Å². The van der Waals surface area contributed by atoms with Gasteiger partial charge in [0.05, 0.1) is 0 Å². The lowest BCUT2D eigenvalue weighted by Gasteiger charge is -2.48. The first kappa shape index (κ1) is 19.3. The van der Waals surface area contributed by atoms with E-state index in [1.807, 2.05) is 0 Å². The number of thioether (sulfide) groups is 1. The number of carbonyl (C=O) groups excluding carboxylic acids is 4. The van der Waals surface area contributed by atoms with Crippen LogP contribution in [0.4, 0.5) is 0 Å². The van der Waals surface area contributed by atoms with Gasteiger partial charge in [-0.25, -0.2) is 4.79 Å². The topological polar surface area (TPSA) is 99.2 Å². The highest BCUT2D eigenvalue weighted by molar-refractivity contribution is 8.00. The van der Waals surface area contributed by atoms with E-state index in [4.69, 9.17) is 14.2 Å². The predicted octanol–water partition coefficient (Wildman–Crippen LogP) is 0.992. The molecule has 2 atom stereocenters. The second-order valence-corrected chi connectivity index (χ2v) is 7.78. The van der Waals surface area contributed by atoms with Crippen LogP contribution in [0, 0.1) is 0 Å². The molecule has 9 heteroatoms. The Kier molecular flexibility index (Phi) is 5.46. The molecule has 25 heavy (non-hydrogen) atoms. The fourth-order valence-electron chi connectivity index (χ4n) is 2.42. The Balaban J connectivity index is 2.30. The van der Waals surface area contributed by atoms with Crippen LogP contribution in [0.2, 0.25) is 0 Å². The zero-order valence-electron chi connectivity index (χ0n) is 14.8. The van der Waals surface area contributed by atoms with Crippen molar-refractivity contribution in [2.75, 3.05) is 12.4 Å². The summed E-state index contributed by atoms with van der Waals surface area (Å²) in [6.07, 6.45) is -0.921. The summed E-state index contributed by atoms with van der Waals surface area (Å²) in [5.41, 5.74) is -0.200. The Bertz CT molecular complexity index is 649. The van der Waals surface area contributed by atoms with Crippen molar-refractivity contribution in [2.24, 2.45) is 0 Å². The van der Waals surface area contributed by atoms with E-state index in [1.165, 1.54) is 30.5 Å². The van der Waals surface area contributed by atoms with Gasteiger partial charge in [0.2, 0.25) is 6.10 Å². The van der Waals surface area contributed by atoms with Gasteiger partial charge < -0.3 is 14.2 Å². The third kappa shape index (κ3) is 4.33. The van der Waals surface area contributed by atoms with Gasteiger partial charge in [-0.3, -0.25) is 19.3 Å². The fourth-order valence-corrected chi connectivity index (χ4v) is 3.71. The summed E-state index contributed by atoms with van der Waals surface area (Å²) in [6, 6.07) is 0. The lowest BCUT2D eigenvalue weighted by atomic mass is 10.0. The van der Waals surface area contributed by atoms with Crippen LogP contribution >= 0.6 is 11.8 Å². The molecule has 0 aromatic heterocycles. The Morgan fingerprint density at radius 2 is 1.84 bits per heavy atom. The van der Waals surface area contributed by atoms with Crippen molar-refractivity contribution < 1.29 is 33.4 Å². The lowest BCUT2D eigenvalue weighted by molar-refractivity contribution is -0.175. The monoisotopic (exact) mass is 371 g/mol. The van der Waals surface area contributed by atoms with Crippen molar-refractivity contribution in [1.82, 2.24) is 4.90 Å². The largest absolute Gasteiger partial charge is 0.461 e. The van der Waals surface area contributed by atoms with Gasteiger partial charge in [-0.1, -0.05) is 0 Å². The van der Waals surface area contributed by atoms with E-state index in [0.29, 0.717) is 11.3 Å². The van der Waals surface area contributed by atoms with Gasteiger partial charge in [-0.2, -0.15) is 0 Å². The van der Waals surface area contributed by atoms with Crippen LogP contribution in [-0.4, -0.2) is 58.2 Å². The van der Waals surface area contributed by atoms with Gasteiger partial charge >= 0.3 is 17.9 Å². The van der Waals surface area contributed by atoms with Gasteiger partial charge in [0.25, 0.3) is 5.91 Å². The molecule has 0 aromatic rings. The van der Waals surface area contributed by atoms with Gasteiger partial charge in [0, 0.05) is 25.2 Å². The number of hydrogen-bond donors (Lipinski definition) is 0. The molecule has 2 rings (SSSR count). The minimum atomic E-state index is -0.921. The summed E-state index contributed by atoms with van der Waals surface area (Å²) in [7, 11) is 0. The van der Waals surface area contributed by atoms with Crippen LogP contribution in [0.1, 0.15) is 34.6 Å². The van der Waals surface area contributed by atoms with Gasteiger partial charge in [0.15, 0.2) is 0 Å². The molecule has 138 valence electrons. The molecule has 2 heterocycles. The number of nitrogens with zero attached hydrogens (tertiary/aromatic N) is 1. The third-order valence-electron chi connectivity index (χ3n) is 3.33. The molecule has 1 saturated heterocycles. The molecule has 2 aliphatic rings. The van der Waals surface area contributed by atoms with E-state index >= 15 is 0 Å². The van der Waals surface area contributed by atoms with E-state index in [0.717, 1.165) is 0 Å². The molecule has 1 fully saturated rings. The summed E-state index contributed by atoms with van der Waals surface area (Å²) in [5, 5.41) is -0.486. The highest BCUT2D eigenvalue weighted by atomic mass is 32.2. The Morgan fingerprint density at radius 1 is 1.20 bits per heavy atom. The average Bonchev–Trinajstić information content (AvgIpc) is 2.47. The summed E-state index contributed by atoms with van der Waals surface area (Å²) in [4.78, 5) is 48.5. The van der Waals surface area contributed by atoms with E-state index in [-0.39, 0.29) is 12.3 Å². The van der Waals surface area contributed by atoms with Crippen LogP contribution in [0.3, 0.4) is 0 Å². The first-order valence-electron chi connectivity index (χ1n) is 7.72. The number of esters is 3. The van der Waals surface area contributed by atoms with Crippen LogP contribution in [0.15, 0.2) is 11.3 Å². The number of β-lactam (4-membered cyclic amide) rings is 1. The minimum absolute atomic E-state index is 0.0633. The number of carbonyl (C=O) groups is 4. The Labute approximate surface area is 149 Å². The zero-order valence-corrected chi connectivity index (χ0v) is 15.6. The van der Waals surface area contributed by atoms with Gasteiger partial charge in [0.1, 0.15) is 23.3 Å². The summed E-state index contributed by atoms with van der Waals surface area (Å²) < 4.78 is 15.4. The third-order valence-corrected chi connectivity index (χ3v) is 4.65. The van der Waals surface area contributed by atoms with E-state index < -0.39 is 40.9 Å². The number of amides is 1. The van der Waals surface area contributed by atoms with Gasteiger partial charge in [-0.15, -0.1) is 11.8 Å². The first-order valence-corrected chi connectivity index (χ1v) is 8.77. The van der Waals surface area contributed by atoms with Crippen molar-refractivity contribution in [3.63, 3.8) is 0 Å². The summed E-state index contributed by atoms with van der Waals surface area (Å²) in [6.45, 7) is 7.52. The minimum Gasteiger partial charge on any atom is -0.461 e. The van der Waals surface area contributed by atoms with Crippen LogP contribution in [0.5, 0.6) is 0 Å². The van der Waals surface area contributed by atoms with Crippen molar-refractivity contribution in [3.8, 4) is 0 Å². The molecule has 0 aromatic carbocycles. The smallest absolute Gasteiger partial charge is 0.355 e. The lowest BCUT2D eigenvalue weighted by Crippen LogP contribution is -2.66. The number of hydrogen-bond acceptors (Lipinski definition) is 8. The molecule has 2 aliphatic heterocycles. The van der Waals surface area contributed by atoms with Crippen molar-refractivity contribution in [3.05, 3.63) is 11.3 Å². The quantitative estimate of drug-likeness (QED) is 0.410. The number of ether oxygens (including phenoxy) is 3. The fraction of sp³-hybridized carbons (Fsp3) is 0.625. The van der Waals surface area contributed by atoms with Crippen molar-refractivity contribution >= 4 is 35.6 Å². The molecule has 8 nitrogen and oxygen atoms in total. The van der Waals surface area contributed by atoms with E-state index in [1.54, 1.807) is 20.8 Å². The average molecular weight is 371 g/mol. The van der Waals surface area contributed by atoms with Crippen LogP contribution in [0.25, 0.3) is 0 Å². The molecule has 0 N–H and O–H groups in total. The Morgan fingerprint density at radius 3 is 2.36 bits per heavy atom. The summed E-state index contributed by atoms with van der Waals surface area (Å²) in [5.74, 6) is -1.86.